The van der Waals surface area contributed by atoms with E-state index in [2.05, 4.69) is 16.3 Å². The van der Waals surface area contributed by atoms with Gasteiger partial charge in [-0.25, -0.2) is 0 Å². The van der Waals surface area contributed by atoms with Gasteiger partial charge in [0.2, 0.25) is 0 Å². The normalized spacial score (nSPS) is 22.8. The zero-order chi connectivity index (χ0) is 16.7. The molecule has 1 fully saturated rings. The van der Waals surface area contributed by atoms with Crippen LogP contribution in [0.4, 0.5) is 0 Å². The van der Waals surface area contributed by atoms with Crippen LogP contribution in [0.3, 0.4) is 0 Å². The van der Waals surface area contributed by atoms with Crippen molar-refractivity contribution in [2.75, 3.05) is 13.7 Å². The molecule has 2 heterocycles. The summed E-state index contributed by atoms with van der Waals surface area (Å²) in [5.41, 5.74) is 3.38. The smallest absolute Gasteiger partial charge is 0.254 e. The number of benzene rings is 1. The topological polar surface area (TPSA) is 60.3 Å². The molecular formula is C18H22N4O2. The van der Waals surface area contributed by atoms with Crippen LogP contribution >= 0.6 is 0 Å². The molecule has 1 aromatic heterocycles. The first kappa shape index (κ1) is 15.3. The standard InChI is InChI=1S/C18H22N4O2/c1-21-11-19-20-17(21)16-9-13(24-2)10-22(16)18(23)15-8-4-6-12-5-3-7-14(12)15/h4,6,8,11,13,16H,3,5,7,9-10H2,1-2H3/t13-,16+/m1/s1. The Morgan fingerprint density at radius 2 is 2.21 bits per heavy atom. The molecule has 0 N–H and O–H groups in total. The Hall–Kier alpha value is -2.21. The van der Waals surface area contributed by atoms with Gasteiger partial charge in [-0.15, -0.1) is 10.2 Å². The highest BCUT2D eigenvalue weighted by Crippen LogP contribution is 2.35. The predicted octanol–water partition coefficient (Wildman–Crippen LogP) is 1.91. The van der Waals surface area contributed by atoms with Gasteiger partial charge in [-0.05, 0) is 36.5 Å². The Bertz CT molecular complexity index is 770. The molecule has 0 bridgehead atoms. The van der Waals surface area contributed by atoms with Gasteiger partial charge in [0, 0.05) is 32.7 Å². The van der Waals surface area contributed by atoms with Gasteiger partial charge in [0.05, 0.1) is 12.1 Å². The molecule has 0 radical (unpaired) electrons. The first-order chi connectivity index (χ1) is 11.7. The Labute approximate surface area is 141 Å². The summed E-state index contributed by atoms with van der Waals surface area (Å²) < 4.78 is 7.42. The number of methoxy groups -OCH3 is 1. The summed E-state index contributed by atoms with van der Waals surface area (Å²) in [7, 11) is 3.62. The molecule has 4 rings (SSSR count). The second kappa shape index (κ2) is 6.02. The Morgan fingerprint density at radius 3 is 2.96 bits per heavy atom. The van der Waals surface area contributed by atoms with Crippen LogP contribution in [-0.4, -0.2) is 45.3 Å². The number of nitrogens with zero attached hydrogens (tertiary/aromatic N) is 4. The molecule has 2 atom stereocenters. The van der Waals surface area contributed by atoms with Crippen LogP contribution in [0.5, 0.6) is 0 Å². The molecule has 1 aliphatic carbocycles. The molecule has 126 valence electrons. The van der Waals surface area contributed by atoms with Gasteiger partial charge >= 0.3 is 0 Å². The number of hydrogen-bond donors (Lipinski definition) is 0. The fraction of sp³-hybridized carbons (Fsp3) is 0.500. The minimum absolute atomic E-state index is 0.0346. The van der Waals surface area contributed by atoms with E-state index in [9.17, 15) is 4.79 Å². The van der Waals surface area contributed by atoms with Crippen LogP contribution < -0.4 is 0 Å². The molecular weight excluding hydrogens is 304 g/mol. The van der Waals surface area contributed by atoms with Crippen molar-refractivity contribution in [2.45, 2.75) is 37.8 Å². The van der Waals surface area contributed by atoms with Crippen LogP contribution in [0.2, 0.25) is 0 Å². The molecule has 0 spiro atoms. The van der Waals surface area contributed by atoms with Crippen molar-refractivity contribution in [3.05, 3.63) is 47.0 Å². The number of rotatable bonds is 3. The lowest BCUT2D eigenvalue weighted by atomic mass is 10.0. The molecule has 6 nitrogen and oxygen atoms in total. The summed E-state index contributed by atoms with van der Waals surface area (Å²) in [6.45, 7) is 0.594. The van der Waals surface area contributed by atoms with E-state index in [0.717, 1.165) is 37.1 Å². The van der Waals surface area contributed by atoms with Crippen molar-refractivity contribution in [1.82, 2.24) is 19.7 Å². The third-order valence-corrected chi connectivity index (χ3v) is 5.28. The third-order valence-electron chi connectivity index (χ3n) is 5.28. The van der Waals surface area contributed by atoms with Crippen molar-refractivity contribution >= 4 is 5.91 Å². The molecule has 1 saturated heterocycles. The number of ether oxygens (including phenoxy) is 1. The van der Waals surface area contributed by atoms with Gasteiger partial charge in [-0.3, -0.25) is 4.79 Å². The largest absolute Gasteiger partial charge is 0.380 e. The van der Waals surface area contributed by atoms with E-state index in [1.807, 2.05) is 28.6 Å². The SMILES string of the molecule is CO[C@@H]1C[C@@H](c2nncn2C)N(C(=O)c2cccc3c2CCC3)C1. The molecule has 0 unspecified atom stereocenters. The predicted molar refractivity (Wildman–Crippen MR) is 88.7 cm³/mol. The first-order valence-corrected chi connectivity index (χ1v) is 8.47. The van der Waals surface area contributed by atoms with Crippen LogP contribution in [-0.2, 0) is 24.6 Å². The fourth-order valence-corrected chi connectivity index (χ4v) is 4.01. The fourth-order valence-electron chi connectivity index (χ4n) is 4.01. The first-order valence-electron chi connectivity index (χ1n) is 8.47. The van der Waals surface area contributed by atoms with E-state index in [1.165, 1.54) is 11.1 Å². The number of hydrogen-bond acceptors (Lipinski definition) is 4. The highest BCUT2D eigenvalue weighted by molar-refractivity contribution is 5.96. The zero-order valence-corrected chi connectivity index (χ0v) is 14.1. The Morgan fingerprint density at radius 1 is 1.33 bits per heavy atom. The van der Waals surface area contributed by atoms with Gasteiger partial charge in [-0.1, -0.05) is 12.1 Å². The van der Waals surface area contributed by atoms with Crippen molar-refractivity contribution in [1.29, 1.82) is 0 Å². The van der Waals surface area contributed by atoms with E-state index in [0.29, 0.717) is 6.54 Å². The third kappa shape index (κ3) is 2.41. The van der Waals surface area contributed by atoms with Gasteiger partial charge in [0.1, 0.15) is 6.33 Å². The lowest BCUT2D eigenvalue weighted by Gasteiger charge is -2.24. The Balaban J connectivity index is 1.70. The number of fused-ring (bicyclic) bond motifs is 1. The lowest BCUT2D eigenvalue weighted by molar-refractivity contribution is 0.0682. The number of likely N-dealkylation sites (tertiary alicyclic amines) is 1. The maximum atomic E-state index is 13.3. The average Bonchev–Trinajstić information content (AvgIpc) is 3.31. The van der Waals surface area contributed by atoms with Crippen LogP contribution in [0.1, 0.15) is 46.2 Å². The minimum atomic E-state index is -0.0905. The van der Waals surface area contributed by atoms with Gasteiger partial charge in [-0.2, -0.15) is 0 Å². The maximum absolute atomic E-state index is 13.3. The van der Waals surface area contributed by atoms with Crippen LogP contribution in [0.15, 0.2) is 24.5 Å². The highest BCUT2D eigenvalue weighted by atomic mass is 16.5. The van der Waals surface area contributed by atoms with E-state index < -0.39 is 0 Å². The quantitative estimate of drug-likeness (QED) is 0.864. The van der Waals surface area contributed by atoms with Crippen molar-refractivity contribution in [3.63, 3.8) is 0 Å². The molecule has 1 amide bonds. The summed E-state index contributed by atoms with van der Waals surface area (Å²) >= 11 is 0. The monoisotopic (exact) mass is 326 g/mol. The van der Waals surface area contributed by atoms with Crippen LogP contribution in [0, 0.1) is 0 Å². The van der Waals surface area contributed by atoms with E-state index >= 15 is 0 Å². The van der Waals surface area contributed by atoms with E-state index in [1.54, 1.807) is 13.4 Å². The number of aromatic nitrogens is 3. The minimum Gasteiger partial charge on any atom is -0.380 e. The summed E-state index contributed by atoms with van der Waals surface area (Å²) in [4.78, 5) is 15.2. The molecule has 1 aliphatic heterocycles. The molecule has 6 heteroatoms. The summed E-state index contributed by atoms with van der Waals surface area (Å²) in [6, 6.07) is 6.01. The zero-order valence-electron chi connectivity index (χ0n) is 14.1. The summed E-state index contributed by atoms with van der Waals surface area (Å²) in [5.74, 6) is 0.900. The van der Waals surface area contributed by atoms with Crippen molar-refractivity contribution in [3.8, 4) is 0 Å². The summed E-state index contributed by atoms with van der Waals surface area (Å²) in [6.07, 6.45) is 5.67. The molecule has 0 saturated carbocycles. The average molecular weight is 326 g/mol. The number of amides is 1. The summed E-state index contributed by atoms with van der Waals surface area (Å²) in [5, 5.41) is 8.20. The molecule has 1 aromatic carbocycles. The van der Waals surface area contributed by atoms with E-state index in [-0.39, 0.29) is 18.1 Å². The van der Waals surface area contributed by atoms with Gasteiger partial charge in [0.15, 0.2) is 5.82 Å². The second-order valence-electron chi connectivity index (χ2n) is 6.66. The number of carbonyl (C=O) groups is 1. The van der Waals surface area contributed by atoms with E-state index in [4.69, 9.17) is 4.74 Å². The lowest BCUT2D eigenvalue weighted by Crippen LogP contribution is -2.33. The maximum Gasteiger partial charge on any atom is 0.254 e. The second-order valence-corrected chi connectivity index (χ2v) is 6.66. The number of carbonyl (C=O) groups excluding carboxylic acids is 1. The van der Waals surface area contributed by atoms with Gasteiger partial charge in [0.25, 0.3) is 5.91 Å². The van der Waals surface area contributed by atoms with Crippen molar-refractivity contribution < 1.29 is 9.53 Å². The molecule has 24 heavy (non-hydrogen) atoms. The molecule has 2 aromatic rings. The van der Waals surface area contributed by atoms with Crippen molar-refractivity contribution in [2.24, 2.45) is 7.05 Å². The highest BCUT2D eigenvalue weighted by Gasteiger charge is 2.39. The Kier molecular flexibility index (Phi) is 3.84. The van der Waals surface area contributed by atoms with Crippen LogP contribution in [0.25, 0.3) is 0 Å². The number of aryl methyl sites for hydroxylation is 2. The van der Waals surface area contributed by atoms with Gasteiger partial charge < -0.3 is 14.2 Å². The molecule has 2 aliphatic rings.